The standard InChI is InChI=1S/C18H29N/c1-6-9-11-14(4)18-15(5)19-17(12-10-7-2)13-16(18)8-3/h7,9,11,13-14,16,18H,2,6,8,10,12H2,1,3-5H3/b11-9-. The van der Waals surface area contributed by atoms with E-state index in [1.807, 2.05) is 6.08 Å². The topological polar surface area (TPSA) is 12.4 Å². The fraction of sp³-hybridized carbons (Fsp3) is 0.611. The van der Waals surface area contributed by atoms with E-state index in [-0.39, 0.29) is 0 Å². The predicted octanol–water partition coefficient (Wildman–Crippen LogP) is 5.56. The summed E-state index contributed by atoms with van der Waals surface area (Å²) in [4.78, 5) is 4.82. The van der Waals surface area contributed by atoms with E-state index in [1.54, 1.807) is 0 Å². The number of rotatable bonds is 7. The van der Waals surface area contributed by atoms with Crippen LogP contribution in [0.2, 0.25) is 0 Å². The van der Waals surface area contributed by atoms with Crippen molar-refractivity contribution < 1.29 is 0 Å². The van der Waals surface area contributed by atoms with E-state index in [1.165, 1.54) is 17.8 Å². The monoisotopic (exact) mass is 259 g/mol. The van der Waals surface area contributed by atoms with Crippen molar-refractivity contribution in [2.24, 2.45) is 22.7 Å². The molecule has 3 atom stereocenters. The van der Waals surface area contributed by atoms with Crippen LogP contribution in [0.25, 0.3) is 0 Å². The van der Waals surface area contributed by atoms with Crippen molar-refractivity contribution in [1.82, 2.24) is 0 Å². The van der Waals surface area contributed by atoms with E-state index in [4.69, 9.17) is 4.99 Å². The molecule has 0 N–H and O–H groups in total. The second kappa shape index (κ2) is 8.14. The van der Waals surface area contributed by atoms with E-state index >= 15 is 0 Å². The number of allylic oxidation sites excluding steroid dienone is 5. The lowest BCUT2D eigenvalue weighted by Gasteiger charge is -2.32. The summed E-state index contributed by atoms with van der Waals surface area (Å²) in [7, 11) is 0. The van der Waals surface area contributed by atoms with Crippen LogP contribution in [-0.2, 0) is 0 Å². The zero-order valence-electron chi connectivity index (χ0n) is 13.0. The van der Waals surface area contributed by atoms with Gasteiger partial charge in [0.05, 0.1) is 0 Å². The Morgan fingerprint density at radius 2 is 2.16 bits per heavy atom. The van der Waals surface area contributed by atoms with Gasteiger partial charge in [-0.15, -0.1) is 6.58 Å². The van der Waals surface area contributed by atoms with Gasteiger partial charge in [-0.3, -0.25) is 4.99 Å². The average molecular weight is 259 g/mol. The summed E-state index contributed by atoms with van der Waals surface area (Å²) in [6, 6.07) is 0. The number of nitrogens with zero attached hydrogens (tertiary/aromatic N) is 1. The second-order valence-corrected chi connectivity index (χ2v) is 5.53. The summed E-state index contributed by atoms with van der Waals surface area (Å²) in [6.07, 6.45) is 13.4. The third-order valence-corrected chi connectivity index (χ3v) is 3.99. The van der Waals surface area contributed by atoms with E-state index in [2.05, 4.69) is 52.5 Å². The molecule has 0 aliphatic carbocycles. The fourth-order valence-corrected chi connectivity index (χ4v) is 3.00. The van der Waals surface area contributed by atoms with Crippen LogP contribution in [0.1, 0.15) is 53.4 Å². The Bertz CT molecular complexity index is 373. The Kier molecular flexibility index (Phi) is 6.83. The molecule has 106 valence electrons. The first kappa shape index (κ1) is 15.9. The molecule has 1 rings (SSSR count). The van der Waals surface area contributed by atoms with Gasteiger partial charge in [-0.2, -0.15) is 0 Å². The molecule has 3 unspecified atom stereocenters. The minimum absolute atomic E-state index is 0.570. The van der Waals surface area contributed by atoms with Crippen molar-refractivity contribution in [2.45, 2.75) is 53.4 Å². The van der Waals surface area contributed by atoms with Crippen LogP contribution in [0.15, 0.2) is 41.6 Å². The van der Waals surface area contributed by atoms with Crippen molar-refractivity contribution in [3.8, 4) is 0 Å². The molecule has 0 aromatic rings. The van der Waals surface area contributed by atoms with Gasteiger partial charge < -0.3 is 0 Å². The van der Waals surface area contributed by atoms with Crippen LogP contribution in [0.4, 0.5) is 0 Å². The van der Waals surface area contributed by atoms with Crippen LogP contribution in [0.3, 0.4) is 0 Å². The molecule has 1 heteroatoms. The molecule has 1 nitrogen and oxygen atoms in total. The van der Waals surface area contributed by atoms with Gasteiger partial charge in [-0.05, 0) is 44.4 Å². The summed E-state index contributed by atoms with van der Waals surface area (Å²) in [5.74, 6) is 1.78. The molecular formula is C18H29N. The van der Waals surface area contributed by atoms with Gasteiger partial charge in [0.25, 0.3) is 0 Å². The van der Waals surface area contributed by atoms with Crippen LogP contribution in [-0.4, -0.2) is 5.71 Å². The SMILES string of the molecule is C=CCCC1=CC(CC)C(C(C)/C=C\CC)C(C)=N1. The van der Waals surface area contributed by atoms with Crippen LogP contribution < -0.4 is 0 Å². The zero-order valence-corrected chi connectivity index (χ0v) is 13.0. The highest BCUT2D eigenvalue weighted by Crippen LogP contribution is 2.33. The molecule has 0 saturated heterocycles. The molecule has 19 heavy (non-hydrogen) atoms. The first-order valence-electron chi connectivity index (χ1n) is 7.67. The lowest BCUT2D eigenvalue weighted by Crippen LogP contribution is -2.29. The maximum absolute atomic E-state index is 4.82. The Morgan fingerprint density at radius 3 is 2.74 bits per heavy atom. The highest BCUT2D eigenvalue weighted by molar-refractivity contribution is 5.87. The van der Waals surface area contributed by atoms with Crippen molar-refractivity contribution in [1.29, 1.82) is 0 Å². The molecule has 1 heterocycles. The minimum atomic E-state index is 0.570. The molecule has 0 aromatic carbocycles. The third-order valence-electron chi connectivity index (χ3n) is 3.99. The Hall–Kier alpha value is -1.11. The van der Waals surface area contributed by atoms with Crippen LogP contribution in [0.5, 0.6) is 0 Å². The normalized spacial score (nSPS) is 25.1. The summed E-state index contributed by atoms with van der Waals surface area (Å²) in [5, 5.41) is 0. The highest BCUT2D eigenvalue weighted by atomic mass is 14.8. The van der Waals surface area contributed by atoms with Gasteiger partial charge in [-0.25, -0.2) is 0 Å². The molecule has 0 spiro atoms. The van der Waals surface area contributed by atoms with Crippen molar-refractivity contribution in [3.63, 3.8) is 0 Å². The number of hydrogen-bond acceptors (Lipinski definition) is 1. The fourth-order valence-electron chi connectivity index (χ4n) is 3.00. The van der Waals surface area contributed by atoms with Crippen LogP contribution in [0, 0.1) is 17.8 Å². The first-order chi connectivity index (χ1) is 9.13. The summed E-state index contributed by atoms with van der Waals surface area (Å²) in [5.41, 5.74) is 2.56. The van der Waals surface area contributed by atoms with Gasteiger partial charge in [0.2, 0.25) is 0 Å². The predicted molar refractivity (Wildman–Crippen MR) is 86.5 cm³/mol. The quantitative estimate of drug-likeness (QED) is 0.531. The van der Waals surface area contributed by atoms with Gasteiger partial charge in [0, 0.05) is 17.3 Å². The largest absolute Gasteiger partial charge is 0.263 e. The van der Waals surface area contributed by atoms with Crippen molar-refractivity contribution in [2.75, 3.05) is 0 Å². The molecule has 0 saturated carbocycles. The third kappa shape index (κ3) is 4.49. The van der Waals surface area contributed by atoms with Crippen LogP contribution >= 0.6 is 0 Å². The molecule has 0 bridgehead atoms. The Labute approximate surface area is 119 Å². The molecule has 0 radical (unpaired) electrons. The molecule has 1 aliphatic rings. The van der Waals surface area contributed by atoms with E-state index in [0.717, 1.165) is 19.3 Å². The molecule has 0 fully saturated rings. The molecule has 1 aliphatic heterocycles. The Balaban J connectivity index is 2.85. The van der Waals surface area contributed by atoms with E-state index in [0.29, 0.717) is 17.8 Å². The smallest absolute Gasteiger partial charge is 0.0369 e. The van der Waals surface area contributed by atoms with Crippen molar-refractivity contribution in [3.05, 3.63) is 36.6 Å². The average Bonchev–Trinajstić information content (AvgIpc) is 2.41. The minimum Gasteiger partial charge on any atom is -0.263 e. The maximum atomic E-state index is 4.82. The van der Waals surface area contributed by atoms with E-state index < -0.39 is 0 Å². The summed E-state index contributed by atoms with van der Waals surface area (Å²) >= 11 is 0. The van der Waals surface area contributed by atoms with Gasteiger partial charge >= 0.3 is 0 Å². The maximum Gasteiger partial charge on any atom is 0.0369 e. The summed E-state index contributed by atoms with van der Waals surface area (Å²) in [6.45, 7) is 12.8. The molecule has 0 aromatic heterocycles. The van der Waals surface area contributed by atoms with Crippen molar-refractivity contribution >= 4 is 5.71 Å². The zero-order chi connectivity index (χ0) is 14.3. The summed E-state index contributed by atoms with van der Waals surface area (Å²) < 4.78 is 0. The number of hydrogen-bond donors (Lipinski definition) is 0. The lowest BCUT2D eigenvalue weighted by atomic mass is 9.76. The van der Waals surface area contributed by atoms with Gasteiger partial charge in [-0.1, -0.05) is 45.1 Å². The lowest BCUT2D eigenvalue weighted by molar-refractivity contribution is 0.398. The second-order valence-electron chi connectivity index (χ2n) is 5.53. The van der Waals surface area contributed by atoms with E-state index in [9.17, 15) is 0 Å². The number of aliphatic imine (C=N–C) groups is 1. The first-order valence-corrected chi connectivity index (χ1v) is 7.67. The Morgan fingerprint density at radius 1 is 1.42 bits per heavy atom. The molecular weight excluding hydrogens is 230 g/mol. The van der Waals surface area contributed by atoms with Gasteiger partial charge in [0.1, 0.15) is 0 Å². The highest BCUT2D eigenvalue weighted by Gasteiger charge is 2.28. The van der Waals surface area contributed by atoms with Gasteiger partial charge in [0.15, 0.2) is 0 Å². The molecule has 0 amide bonds.